The maximum atomic E-state index is 11.3. The summed E-state index contributed by atoms with van der Waals surface area (Å²) in [6.07, 6.45) is 7.15. The molecule has 3 aliphatic heterocycles. The minimum atomic E-state index is 0.0795. The Morgan fingerprint density at radius 3 is 2.80 bits per heavy atom. The number of carbonyl (C=O) groups excluding carboxylic acids is 1. The molecule has 15 heavy (non-hydrogen) atoms. The lowest BCUT2D eigenvalue weighted by atomic mass is 10.1. The van der Waals surface area contributed by atoms with Crippen molar-refractivity contribution in [2.45, 2.75) is 6.42 Å². The lowest BCUT2D eigenvalue weighted by Crippen LogP contribution is -2.40. The van der Waals surface area contributed by atoms with Crippen LogP contribution in [-0.2, 0) is 4.79 Å². The van der Waals surface area contributed by atoms with E-state index < -0.39 is 0 Å². The summed E-state index contributed by atoms with van der Waals surface area (Å²) in [5, 5.41) is 10.7. The zero-order valence-electron chi connectivity index (χ0n) is 8.13. The number of rotatable bonds is 0. The van der Waals surface area contributed by atoms with Crippen molar-refractivity contribution in [3.63, 3.8) is 0 Å². The van der Waals surface area contributed by atoms with E-state index in [0.29, 0.717) is 12.2 Å². The van der Waals surface area contributed by atoms with Crippen LogP contribution in [0, 0.1) is 0 Å². The first kappa shape index (κ1) is 8.55. The van der Waals surface area contributed by atoms with Crippen LogP contribution in [-0.4, -0.2) is 38.9 Å². The van der Waals surface area contributed by atoms with Gasteiger partial charge in [-0.1, -0.05) is 0 Å². The Morgan fingerprint density at radius 2 is 1.93 bits per heavy atom. The van der Waals surface area contributed by atoms with Gasteiger partial charge in [0.1, 0.15) is 0 Å². The number of ketones is 1. The number of hydrogen-bond donors (Lipinski definition) is 1. The lowest BCUT2D eigenvalue weighted by Gasteiger charge is -2.37. The van der Waals surface area contributed by atoms with E-state index in [1.807, 2.05) is 16.0 Å². The lowest BCUT2D eigenvalue weighted by molar-refractivity contribution is -0.115. The number of nitrogens with zero attached hydrogens (tertiary/aromatic N) is 3. The minimum absolute atomic E-state index is 0.0795. The summed E-state index contributed by atoms with van der Waals surface area (Å²) in [4.78, 5) is 15.3. The normalized spacial score (nSPS) is 23.8. The zero-order chi connectivity index (χ0) is 10.4. The highest BCUT2D eigenvalue weighted by molar-refractivity contribution is 5.92. The van der Waals surface area contributed by atoms with Gasteiger partial charge in [0.2, 0.25) is 0 Å². The summed E-state index contributed by atoms with van der Waals surface area (Å²) in [6, 6.07) is 0. The van der Waals surface area contributed by atoms with Crippen molar-refractivity contribution in [3.8, 4) is 0 Å². The number of allylic oxidation sites excluding steroid dienone is 2. The van der Waals surface area contributed by atoms with Crippen molar-refractivity contribution < 1.29 is 10.0 Å². The quantitative estimate of drug-likeness (QED) is 0.621. The van der Waals surface area contributed by atoms with E-state index in [9.17, 15) is 10.0 Å². The Labute approximate surface area is 87.1 Å². The van der Waals surface area contributed by atoms with E-state index in [1.165, 1.54) is 0 Å². The van der Waals surface area contributed by atoms with Crippen LogP contribution in [0.3, 0.4) is 0 Å². The van der Waals surface area contributed by atoms with Crippen LogP contribution in [0.4, 0.5) is 0 Å². The standard InChI is InChI=1S/C10H11N3O2/c14-8-1-2-11-3-4-12-5-6-13(15)10(12)9(11)7-8/h1-2,5-6,15H,3-4,7H2. The van der Waals surface area contributed by atoms with E-state index in [-0.39, 0.29) is 5.78 Å². The van der Waals surface area contributed by atoms with Gasteiger partial charge in [-0.05, 0) is 6.08 Å². The van der Waals surface area contributed by atoms with Crippen LogP contribution in [0.2, 0.25) is 0 Å². The van der Waals surface area contributed by atoms with Gasteiger partial charge >= 0.3 is 0 Å². The van der Waals surface area contributed by atoms with Gasteiger partial charge in [-0.15, -0.1) is 0 Å². The van der Waals surface area contributed by atoms with Crippen LogP contribution in [0.1, 0.15) is 6.42 Å². The summed E-state index contributed by atoms with van der Waals surface area (Å²) >= 11 is 0. The monoisotopic (exact) mass is 205 g/mol. The van der Waals surface area contributed by atoms with Gasteiger partial charge in [0.25, 0.3) is 0 Å². The fourth-order valence-corrected chi connectivity index (χ4v) is 2.12. The molecule has 0 radical (unpaired) electrons. The zero-order valence-corrected chi connectivity index (χ0v) is 8.13. The Hall–Kier alpha value is -1.75. The van der Waals surface area contributed by atoms with Gasteiger partial charge in [-0.25, -0.2) is 5.06 Å². The number of carbonyl (C=O) groups is 1. The Morgan fingerprint density at radius 1 is 1.13 bits per heavy atom. The molecule has 0 unspecified atom stereocenters. The maximum Gasteiger partial charge on any atom is 0.163 e. The van der Waals surface area contributed by atoms with E-state index in [4.69, 9.17) is 0 Å². The molecule has 0 saturated carbocycles. The second-order valence-corrected chi connectivity index (χ2v) is 3.76. The van der Waals surface area contributed by atoms with Crippen molar-refractivity contribution in [1.29, 1.82) is 0 Å². The van der Waals surface area contributed by atoms with Crippen LogP contribution in [0.25, 0.3) is 0 Å². The van der Waals surface area contributed by atoms with Gasteiger partial charge in [-0.3, -0.25) is 10.0 Å². The molecule has 5 heteroatoms. The molecule has 0 bridgehead atoms. The molecule has 5 nitrogen and oxygen atoms in total. The molecule has 0 aromatic heterocycles. The third-order valence-corrected chi connectivity index (χ3v) is 2.85. The number of fused-ring (bicyclic) bond motifs is 2. The van der Waals surface area contributed by atoms with Crippen LogP contribution in [0.15, 0.2) is 36.2 Å². The van der Waals surface area contributed by atoms with Gasteiger partial charge in [-0.2, -0.15) is 0 Å². The van der Waals surface area contributed by atoms with Crippen molar-refractivity contribution in [1.82, 2.24) is 14.9 Å². The summed E-state index contributed by atoms with van der Waals surface area (Å²) < 4.78 is 0. The average molecular weight is 205 g/mol. The molecule has 0 aromatic carbocycles. The Balaban J connectivity index is 2.07. The van der Waals surface area contributed by atoms with Crippen LogP contribution >= 0.6 is 0 Å². The highest BCUT2D eigenvalue weighted by Gasteiger charge is 2.32. The molecule has 0 saturated heterocycles. The maximum absolute atomic E-state index is 11.3. The predicted octanol–water partition coefficient (Wildman–Crippen LogP) is 0.436. The van der Waals surface area contributed by atoms with Crippen molar-refractivity contribution in [2.24, 2.45) is 0 Å². The summed E-state index contributed by atoms with van der Waals surface area (Å²) in [7, 11) is 0. The second-order valence-electron chi connectivity index (χ2n) is 3.76. The number of hydroxylamine groups is 2. The van der Waals surface area contributed by atoms with E-state index in [2.05, 4.69) is 0 Å². The summed E-state index contributed by atoms with van der Waals surface area (Å²) in [6.45, 7) is 1.67. The van der Waals surface area contributed by atoms with E-state index in [0.717, 1.165) is 23.8 Å². The van der Waals surface area contributed by atoms with Gasteiger partial charge in [0, 0.05) is 25.5 Å². The predicted molar refractivity (Wildman–Crippen MR) is 52.0 cm³/mol. The first-order valence-corrected chi connectivity index (χ1v) is 4.89. The van der Waals surface area contributed by atoms with Gasteiger partial charge in [0.15, 0.2) is 11.6 Å². The largest absolute Gasteiger partial charge is 0.346 e. The summed E-state index contributed by atoms with van der Waals surface area (Å²) in [5.41, 5.74) is 0.876. The minimum Gasteiger partial charge on any atom is -0.346 e. The second kappa shape index (κ2) is 2.87. The molecule has 1 N–H and O–H groups in total. The average Bonchev–Trinajstić information content (AvgIpc) is 2.60. The van der Waals surface area contributed by atoms with Crippen molar-refractivity contribution in [3.05, 3.63) is 36.2 Å². The molecule has 78 valence electrons. The van der Waals surface area contributed by atoms with E-state index >= 15 is 0 Å². The van der Waals surface area contributed by atoms with Gasteiger partial charge < -0.3 is 9.80 Å². The third kappa shape index (κ3) is 1.16. The molecule has 3 aliphatic rings. The molecule has 3 heterocycles. The summed E-state index contributed by atoms with van der Waals surface area (Å²) in [5.74, 6) is 0.787. The molecular weight excluding hydrogens is 194 g/mol. The molecule has 0 fully saturated rings. The van der Waals surface area contributed by atoms with Crippen molar-refractivity contribution >= 4 is 5.78 Å². The smallest absolute Gasteiger partial charge is 0.163 e. The number of hydrogen-bond acceptors (Lipinski definition) is 5. The highest BCUT2D eigenvalue weighted by atomic mass is 16.5. The Kier molecular flexibility index (Phi) is 1.63. The molecule has 0 aromatic rings. The molecule has 0 spiro atoms. The fraction of sp³-hybridized carbons (Fsp3) is 0.300. The topological polar surface area (TPSA) is 47.0 Å². The molecule has 0 amide bonds. The molecular formula is C10H11N3O2. The van der Waals surface area contributed by atoms with Gasteiger partial charge in [0.05, 0.1) is 18.3 Å². The first-order chi connectivity index (χ1) is 7.25. The molecule has 0 aliphatic carbocycles. The SMILES string of the molecule is O=C1C=CN2CCN3C=CN(O)C3=C2C1. The first-order valence-electron chi connectivity index (χ1n) is 4.89. The van der Waals surface area contributed by atoms with Crippen LogP contribution < -0.4 is 0 Å². The Bertz CT molecular complexity index is 411. The molecule has 0 atom stereocenters. The van der Waals surface area contributed by atoms with Crippen LogP contribution in [0.5, 0.6) is 0 Å². The van der Waals surface area contributed by atoms with Crippen molar-refractivity contribution in [2.75, 3.05) is 13.1 Å². The molecule has 3 rings (SSSR count). The van der Waals surface area contributed by atoms with E-state index in [1.54, 1.807) is 18.5 Å². The third-order valence-electron chi connectivity index (χ3n) is 2.85. The fourth-order valence-electron chi connectivity index (χ4n) is 2.12. The highest BCUT2D eigenvalue weighted by Crippen LogP contribution is 2.31.